The molecule has 2 aromatic rings. The van der Waals surface area contributed by atoms with Gasteiger partial charge in [-0.25, -0.2) is 12.8 Å². The van der Waals surface area contributed by atoms with Gasteiger partial charge in [-0.2, -0.15) is 0 Å². The third-order valence-electron chi connectivity index (χ3n) is 3.14. The molecule has 0 amide bonds. The van der Waals surface area contributed by atoms with Gasteiger partial charge in [0.1, 0.15) is 17.3 Å². The first-order valence-corrected chi connectivity index (χ1v) is 9.34. The predicted molar refractivity (Wildman–Crippen MR) is 94.0 cm³/mol. The number of halogens is 3. The molecular weight excluding hydrogens is 392 g/mol. The van der Waals surface area contributed by atoms with E-state index in [2.05, 4.69) is 0 Å². The number of carbonyl (C=O) groups excluding carboxylic acids is 1. The standard InChI is InChI=1S/C16H14Cl2FNO4S/c1-2-24-16(21)10-20(13-5-3-4-12(19)9-13)25(22,23)15-8-11(17)6-7-14(15)18/h3-9H,2,10H2,1H3. The summed E-state index contributed by atoms with van der Waals surface area (Å²) in [7, 11) is -4.29. The van der Waals surface area contributed by atoms with Crippen molar-refractivity contribution in [3.05, 3.63) is 58.3 Å². The molecule has 0 saturated carbocycles. The first-order chi connectivity index (χ1) is 11.8. The second kappa shape index (κ2) is 8.03. The van der Waals surface area contributed by atoms with Gasteiger partial charge in [-0.15, -0.1) is 0 Å². The Morgan fingerprint density at radius 3 is 2.56 bits per heavy atom. The zero-order chi connectivity index (χ0) is 18.6. The Morgan fingerprint density at radius 2 is 1.92 bits per heavy atom. The molecule has 2 rings (SSSR count). The van der Waals surface area contributed by atoms with E-state index in [9.17, 15) is 17.6 Å². The van der Waals surface area contributed by atoms with Crippen molar-refractivity contribution in [3.63, 3.8) is 0 Å². The number of carbonyl (C=O) groups is 1. The van der Waals surface area contributed by atoms with E-state index < -0.39 is 28.4 Å². The van der Waals surface area contributed by atoms with E-state index in [0.29, 0.717) is 0 Å². The normalized spacial score (nSPS) is 11.2. The molecule has 0 aliphatic carbocycles. The summed E-state index contributed by atoms with van der Waals surface area (Å²) in [6.07, 6.45) is 0. The minimum absolute atomic E-state index is 0.0379. The molecule has 0 N–H and O–H groups in total. The summed E-state index contributed by atoms with van der Waals surface area (Å²) >= 11 is 11.8. The first kappa shape index (κ1) is 19.5. The monoisotopic (exact) mass is 405 g/mol. The topological polar surface area (TPSA) is 63.7 Å². The molecule has 0 bridgehead atoms. The van der Waals surface area contributed by atoms with Crippen LogP contribution in [0.25, 0.3) is 0 Å². The summed E-state index contributed by atoms with van der Waals surface area (Å²) in [5, 5.41) is 0.0768. The summed E-state index contributed by atoms with van der Waals surface area (Å²) in [6.45, 7) is 1.03. The second-order valence-corrected chi connectivity index (χ2v) is 7.55. The molecule has 0 aromatic heterocycles. The lowest BCUT2D eigenvalue weighted by Gasteiger charge is -2.24. The molecule has 2 aromatic carbocycles. The van der Waals surface area contributed by atoms with Gasteiger partial charge in [0.2, 0.25) is 0 Å². The number of hydrogen-bond acceptors (Lipinski definition) is 4. The van der Waals surface area contributed by atoms with Crippen LogP contribution in [0.1, 0.15) is 6.92 Å². The fourth-order valence-electron chi connectivity index (χ4n) is 2.06. The van der Waals surface area contributed by atoms with Crippen LogP contribution in [0.3, 0.4) is 0 Å². The third kappa shape index (κ3) is 4.62. The number of hydrogen-bond donors (Lipinski definition) is 0. The van der Waals surface area contributed by atoms with E-state index in [1.165, 1.54) is 24.3 Å². The van der Waals surface area contributed by atoms with Crippen molar-refractivity contribution in [2.75, 3.05) is 17.5 Å². The SMILES string of the molecule is CCOC(=O)CN(c1cccc(F)c1)S(=O)(=O)c1cc(Cl)ccc1Cl. The zero-order valence-corrected chi connectivity index (χ0v) is 15.4. The quantitative estimate of drug-likeness (QED) is 0.683. The number of ether oxygens (including phenoxy) is 1. The third-order valence-corrected chi connectivity index (χ3v) is 5.63. The van der Waals surface area contributed by atoms with Gasteiger partial charge in [0.05, 0.1) is 17.3 Å². The van der Waals surface area contributed by atoms with Gasteiger partial charge in [-0.05, 0) is 43.3 Å². The Bertz CT molecular complexity index is 889. The number of rotatable bonds is 6. The lowest BCUT2D eigenvalue weighted by molar-refractivity contribution is -0.141. The Balaban J connectivity index is 2.57. The first-order valence-electron chi connectivity index (χ1n) is 7.14. The van der Waals surface area contributed by atoms with E-state index in [1.807, 2.05) is 0 Å². The van der Waals surface area contributed by atoms with Crippen LogP contribution in [0.4, 0.5) is 10.1 Å². The Morgan fingerprint density at radius 1 is 1.20 bits per heavy atom. The van der Waals surface area contributed by atoms with Crippen molar-refractivity contribution in [1.29, 1.82) is 0 Å². The summed E-state index contributed by atoms with van der Waals surface area (Å²) in [5.41, 5.74) is -0.0379. The van der Waals surface area contributed by atoms with Crippen molar-refractivity contribution in [1.82, 2.24) is 0 Å². The van der Waals surface area contributed by atoms with Crippen LogP contribution < -0.4 is 4.31 Å². The Hall–Kier alpha value is -1.83. The largest absolute Gasteiger partial charge is 0.465 e. The molecule has 0 aliphatic rings. The van der Waals surface area contributed by atoms with E-state index >= 15 is 0 Å². The highest BCUT2D eigenvalue weighted by atomic mass is 35.5. The highest BCUT2D eigenvalue weighted by Gasteiger charge is 2.30. The maximum atomic E-state index is 13.6. The minimum Gasteiger partial charge on any atom is -0.465 e. The molecule has 0 radical (unpaired) electrons. The maximum absolute atomic E-state index is 13.6. The molecule has 9 heteroatoms. The molecule has 0 atom stereocenters. The van der Waals surface area contributed by atoms with Gasteiger partial charge < -0.3 is 4.74 Å². The molecular formula is C16H14Cl2FNO4S. The maximum Gasteiger partial charge on any atom is 0.326 e. The summed E-state index contributed by atoms with van der Waals surface area (Å²) in [5.74, 6) is -1.44. The number of esters is 1. The highest BCUT2D eigenvalue weighted by Crippen LogP contribution is 2.30. The molecule has 5 nitrogen and oxygen atoms in total. The van der Waals surface area contributed by atoms with Crippen LogP contribution in [0.5, 0.6) is 0 Å². The lowest BCUT2D eigenvalue weighted by Crippen LogP contribution is -2.36. The van der Waals surface area contributed by atoms with Crippen molar-refractivity contribution in [3.8, 4) is 0 Å². The van der Waals surface area contributed by atoms with E-state index in [4.69, 9.17) is 27.9 Å². The summed E-state index contributed by atoms with van der Waals surface area (Å²) < 4.78 is 45.1. The van der Waals surface area contributed by atoms with Crippen molar-refractivity contribution in [2.24, 2.45) is 0 Å². The van der Waals surface area contributed by atoms with Crippen molar-refractivity contribution < 1.29 is 22.3 Å². The van der Waals surface area contributed by atoms with Crippen LogP contribution >= 0.6 is 23.2 Å². The number of anilines is 1. The van der Waals surface area contributed by atoms with Crippen LogP contribution in [0, 0.1) is 5.82 Å². The second-order valence-electron chi connectivity index (χ2n) is 4.87. The average molecular weight is 406 g/mol. The summed E-state index contributed by atoms with van der Waals surface area (Å²) in [6, 6.07) is 8.76. The highest BCUT2D eigenvalue weighted by molar-refractivity contribution is 7.93. The zero-order valence-electron chi connectivity index (χ0n) is 13.1. The van der Waals surface area contributed by atoms with Gasteiger partial charge in [0, 0.05) is 5.02 Å². The molecule has 25 heavy (non-hydrogen) atoms. The molecule has 0 unspecified atom stereocenters. The number of benzene rings is 2. The average Bonchev–Trinajstić information content (AvgIpc) is 2.55. The minimum atomic E-state index is -4.29. The van der Waals surface area contributed by atoms with Crippen molar-refractivity contribution >= 4 is 44.9 Å². The molecule has 0 aliphatic heterocycles. The molecule has 134 valence electrons. The Kier molecular flexibility index (Phi) is 6.26. The number of sulfonamides is 1. The van der Waals surface area contributed by atoms with E-state index in [0.717, 1.165) is 22.5 Å². The van der Waals surface area contributed by atoms with E-state index in [1.54, 1.807) is 6.92 Å². The van der Waals surface area contributed by atoms with Gasteiger partial charge in [-0.3, -0.25) is 9.10 Å². The van der Waals surface area contributed by atoms with Crippen LogP contribution in [-0.4, -0.2) is 27.5 Å². The van der Waals surface area contributed by atoms with Crippen LogP contribution in [0.2, 0.25) is 10.0 Å². The van der Waals surface area contributed by atoms with Crippen LogP contribution in [0.15, 0.2) is 47.4 Å². The predicted octanol–water partition coefficient (Wildman–Crippen LogP) is 3.89. The fraction of sp³-hybridized carbons (Fsp3) is 0.188. The van der Waals surface area contributed by atoms with Crippen molar-refractivity contribution in [2.45, 2.75) is 11.8 Å². The molecule has 0 heterocycles. The van der Waals surface area contributed by atoms with Gasteiger partial charge in [0.25, 0.3) is 10.0 Å². The Labute approximate surface area is 155 Å². The molecule has 0 fully saturated rings. The van der Waals surface area contributed by atoms with Crippen LogP contribution in [-0.2, 0) is 19.6 Å². The molecule has 0 spiro atoms. The lowest BCUT2D eigenvalue weighted by atomic mass is 10.3. The smallest absolute Gasteiger partial charge is 0.326 e. The van der Waals surface area contributed by atoms with Gasteiger partial charge in [0.15, 0.2) is 0 Å². The van der Waals surface area contributed by atoms with E-state index in [-0.39, 0.29) is 27.2 Å². The fourth-order valence-corrected chi connectivity index (χ4v) is 4.20. The summed E-state index contributed by atoms with van der Waals surface area (Å²) in [4.78, 5) is 11.6. The van der Waals surface area contributed by atoms with Gasteiger partial charge >= 0.3 is 5.97 Å². The van der Waals surface area contributed by atoms with Gasteiger partial charge in [-0.1, -0.05) is 29.3 Å². The molecule has 0 saturated heterocycles. The number of nitrogens with zero attached hydrogens (tertiary/aromatic N) is 1.